The Morgan fingerprint density at radius 3 is 2.38 bits per heavy atom. The van der Waals surface area contributed by atoms with Gasteiger partial charge in [0, 0.05) is 7.11 Å². The van der Waals surface area contributed by atoms with E-state index in [0.29, 0.717) is 0 Å². The fraction of sp³-hybridized carbons (Fsp3) is 1.00. The third-order valence-electron chi connectivity index (χ3n) is 0.450. The summed E-state index contributed by atoms with van der Waals surface area (Å²) < 4.78 is 9.18. The summed E-state index contributed by atoms with van der Waals surface area (Å²) in [7, 11) is 3.27. The topological polar surface area (TPSA) is 36.9 Å². The van der Waals surface area contributed by atoms with Crippen LogP contribution in [0.25, 0.3) is 0 Å². The molecule has 0 saturated carbocycles. The normalized spacial score (nSPS) is 8.75. The van der Waals surface area contributed by atoms with Crippen LogP contribution < -0.4 is 0 Å². The standard InChI is InChI=1S/C2H8B2O4/c1-5-3-7-4-8-6-2/h3-4H,1-2H3. The summed E-state index contributed by atoms with van der Waals surface area (Å²) in [6.45, 7) is 0. The molecule has 0 aliphatic carbocycles. The van der Waals surface area contributed by atoms with Crippen LogP contribution in [-0.4, -0.2) is 29.6 Å². The first-order valence-corrected chi connectivity index (χ1v) is 2.14. The lowest BCUT2D eigenvalue weighted by molar-refractivity contribution is -0.187. The number of hydrogen-bond donors (Lipinski definition) is 0. The average molecular weight is 118 g/mol. The summed E-state index contributed by atoms with van der Waals surface area (Å²) in [6.07, 6.45) is 0. The SMILES string of the molecule is COBOBOOC. The highest BCUT2D eigenvalue weighted by molar-refractivity contribution is 6.34. The van der Waals surface area contributed by atoms with Gasteiger partial charge in [-0.2, -0.15) is 0 Å². The largest absolute Gasteiger partial charge is 0.460 e. The molecule has 4 nitrogen and oxygen atoms in total. The second kappa shape index (κ2) is 6.97. The van der Waals surface area contributed by atoms with Crippen molar-refractivity contribution in [2.45, 2.75) is 0 Å². The molecule has 0 bridgehead atoms. The lowest BCUT2D eigenvalue weighted by Gasteiger charge is -1.96. The van der Waals surface area contributed by atoms with Crippen LogP contribution in [0.3, 0.4) is 0 Å². The smallest absolute Gasteiger partial charge is 0.455 e. The van der Waals surface area contributed by atoms with E-state index in [-0.39, 0.29) is 15.4 Å². The van der Waals surface area contributed by atoms with Gasteiger partial charge in [0.2, 0.25) is 0 Å². The fourth-order valence-electron chi connectivity index (χ4n) is 0.199. The Morgan fingerprint density at radius 1 is 1.12 bits per heavy atom. The van der Waals surface area contributed by atoms with Crippen molar-refractivity contribution in [3.63, 3.8) is 0 Å². The Bertz CT molecular complexity index is 37.0. The molecular weight excluding hydrogens is 110 g/mol. The molecule has 0 fully saturated rings. The summed E-state index contributed by atoms with van der Waals surface area (Å²) in [4.78, 5) is 8.54. The van der Waals surface area contributed by atoms with Crippen molar-refractivity contribution in [1.82, 2.24) is 0 Å². The van der Waals surface area contributed by atoms with Crippen LogP contribution in [0.2, 0.25) is 0 Å². The van der Waals surface area contributed by atoms with E-state index in [4.69, 9.17) is 0 Å². The van der Waals surface area contributed by atoms with E-state index >= 15 is 0 Å². The molecule has 0 heterocycles. The molecule has 0 unspecified atom stereocenters. The summed E-state index contributed by atoms with van der Waals surface area (Å²) in [6, 6.07) is 0. The van der Waals surface area contributed by atoms with E-state index in [1.165, 1.54) is 14.2 Å². The summed E-state index contributed by atoms with van der Waals surface area (Å²) in [5.74, 6) is 0. The van der Waals surface area contributed by atoms with E-state index in [0.717, 1.165) is 0 Å². The molecule has 0 aliphatic rings. The van der Waals surface area contributed by atoms with Crippen molar-refractivity contribution in [3.8, 4) is 0 Å². The molecule has 0 aromatic carbocycles. The number of hydrogen-bond acceptors (Lipinski definition) is 4. The summed E-state index contributed by atoms with van der Waals surface area (Å²) in [5, 5.41) is 0. The van der Waals surface area contributed by atoms with Crippen LogP contribution in [0.5, 0.6) is 0 Å². The molecule has 0 aliphatic heterocycles. The Labute approximate surface area is 49.6 Å². The molecule has 0 atom stereocenters. The van der Waals surface area contributed by atoms with Crippen LogP contribution in [0, 0.1) is 0 Å². The highest BCUT2D eigenvalue weighted by Crippen LogP contribution is 1.70. The zero-order chi connectivity index (χ0) is 6.24. The molecule has 0 spiro atoms. The van der Waals surface area contributed by atoms with Crippen molar-refractivity contribution in [3.05, 3.63) is 0 Å². The highest BCUT2D eigenvalue weighted by atomic mass is 17.2. The zero-order valence-electron chi connectivity index (χ0n) is 5.05. The molecule has 0 radical (unpaired) electrons. The fourth-order valence-corrected chi connectivity index (χ4v) is 0.199. The average Bonchev–Trinajstić information content (AvgIpc) is 1.81. The van der Waals surface area contributed by atoms with Gasteiger partial charge in [-0.1, -0.05) is 0 Å². The van der Waals surface area contributed by atoms with Crippen molar-refractivity contribution in [1.29, 1.82) is 0 Å². The van der Waals surface area contributed by atoms with Crippen LogP contribution in [0.15, 0.2) is 0 Å². The maximum Gasteiger partial charge on any atom is 0.460 e. The van der Waals surface area contributed by atoms with E-state index < -0.39 is 0 Å². The quantitative estimate of drug-likeness (QED) is 0.196. The van der Waals surface area contributed by atoms with Crippen LogP contribution >= 0.6 is 0 Å². The van der Waals surface area contributed by atoms with Gasteiger partial charge in [0.05, 0.1) is 7.11 Å². The first kappa shape index (κ1) is 7.97. The number of rotatable bonds is 5. The molecule has 0 saturated heterocycles. The predicted octanol–water partition coefficient (Wildman–Crippen LogP) is -1.24. The van der Waals surface area contributed by atoms with Gasteiger partial charge >= 0.3 is 15.4 Å². The highest BCUT2D eigenvalue weighted by Gasteiger charge is 1.90. The molecule has 6 heteroatoms. The minimum Gasteiger partial charge on any atom is -0.455 e. The van der Waals surface area contributed by atoms with E-state index in [1.54, 1.807) is 0 Å². The molecular formula is C2H8B2O4. The Kier molecular flexibility index (Phi) is 6.94. The lowest BCUT2D eigenvalue weighted by atomic mass is 10.3. The van der Waals surface area contributed by atoms with Gasteiger partial charge in [0.1, 0.15) is 0 Å². The first-order valence-electron chi connectivity index (χ1n) is 2.14. The first-order chi connectivity index (χ1) is 3.91. The monoisotopic (exact) mass is 118 g/mol. The van der Waals surface area contributed by atoms with Gasteiger partial charge in [0.25, 0.3) is 0 Å². The van der Waals surface area contributed by atoms with E-state index in [2.05, 4.69) is 18.9 Å². The van der Waals surface area contributed by atoms with Crippen molar-refractivity contribution >= 4 is 15.4 Å². The Hall–Kier alpha value is -0.0301. The Morgan fingerprint density at radius 2 is 1.88 bits per heavy atom. The third kappa shape index (κ3) is 5.97. The maximum absolute atomic E-state index is 4.65. The second-order valence-electron chi connectivity index (χ2n) is 1.01. The van der Waals surface area contributed by atoms with Crippen molar-refractivity contribution < 1.29 is 18.9 Å². The molecule has 0 aromatic rings. The third-order valence-corrected chi connectivity index (χ3v) is 0.450. The van der Waals surface area contributed by atoms with Gasteiger partial charge in [0.15, 0.2) is 0 Å². The predicted molar refractivity (Wildman–Crippen MR) is 30.5 cm³/mol. The minimum absolute atomic E-state index is 0.102. The van der Waals surface area contributed by atoms with Gasteiger partial charge < -0.3 is 9.23 Å². The molecule has 0 amide bonds. The molecule has 0 aromatic heterocycles. The lowest BCUT2D eigenvalue weighted by Crippen LogP contribution is -2.08. The van der Waals surface area contributed by atoms with Gasteiger partial charge in [-0.05, 0) is 0 Å². The van der Waals surface area contributed by atoms with Crippen LogP contribution in [0.1, 0.15) is 0 Å². The summed E-state index contributed by atoms with van der Waals surface area (Å²) in [5.41, 5.74) is 0. The van der Waals surface area contributed by atoms with Crippen molar-refractivity contribution in [2.75, 3.05) is 14.2 Å². The minimum atomic E-state index is 0.102. The molecule has 0 rings (SSSR count). The van der Waals surface area contributed by atoms with Gasteiger partial charge in [-0.3, -0.25) is 9.69 Å². The summed E-state index contributed by atoms with van der Waals surface area (Å²) >= 11 is 0. The second-order valence-corrected chi connectivity index (χ2v) is 1.01. The van der Waals surface area contributed by atoms with E-state index in [9.17, 15) is 0 Å². The van der Waals surface area contributed by atoms with E-state index in [1.807, 2.05) is 0 Å². The van der Waals surface area contributed by atoms with Crippen LogP contribution in [0.4, 0.5) is 0 Å². The molecule has 46 valence electrons. The van der Waals surface area contributed by atoms with Crippen LogP contribution in [-0.2, 0) is 18.9 Å². The Balaban J connectivity index is 2.53. The van der Waals surface area contributed by atoms with Crippen molar-refractivity contribution in [2.24, 2.45) is 0 Å². The maximum atomic E-state index is 4.65. The zero-order valence-corrected chi connectivity index (χ0v) is 5.05. The van der Waals surface area contributed by atoms with Gasteiger partial charge in [-0.15, -0.1) is 0 Å². The molecule has 8 heavy (non-hydrogen) atoms. The molecule has 0 N–H and O–H groups in total. The van der Waals surface area contributed by atoms with Gasteiger partial charge in [-0.25, -0.2) is 0 Å².